The zero-order valence-electron chi connectivity index (χ0n) is 12.1. The third-order valence-electron chi connectivity index (χ3n) is 4.02. The minimum atomic E-state index is 0.561. The number of anilines is 1. The van der Waals surface area contributed by atoms with Crippen LogP contribution in [0.4, 0.5) is 5.82 Å². The number of thioether (sulfide) groups is 1. The lowest BCUT2D eigenvalue weighted by molar-refractivity contribution is 0.194. The Bertz CT molecular complexity index is 391. The summed E-state index contributed by atoms with van der Waals surface area (Å²) < 4.78 is 0. The molecule has 2 rings (SSSR count). The summed E-state index contributed by atoms with van der Waals surface area (Å²) in [5.41, 5.74) is 0. The van der Waals surface area contributed by atoms with Crippen LogP contribution < -0.4 is 5.32 Å². The molecule has 106 valence electrons. The zero-order chi connectivity index (χ0) is 13.7. The fraction of sp³-hybridized carbons (Fsp3) is 0.714. The average Bonchev–Trinajstić information content (AvgIpc) is 2.47. The quantitative estimate of drug-likeness (QED) is 0.663. The van der Waals surface area contributed by atoms with E-state index in [4.69, 9.17) is 0 Å². The normalized spacial score (nSPS) is 23.6. The molecular weight excluding hydrogens is 256 g/mol. The monoisotopic (exact) mass is 280 g/mol. The first-order valence-electron chi connectivity index (χ1n) is 7.05. The summed E-state index contributed by atoms with van der Waals surface area (Å²) >= 11 is 1.65. The van der Waals surface area contributed by atoms with Crippen molar-refractivity contribution in [3.8, 4) is 0 Å². The third-order valence-corrected chi connectivity index (χ3v) is 4.66. The van der Waals surface area contributed by atoms with Gasteiger partial charge in [-0.05, 0) is 45.5 Å². The Morgan fingerprint density at radius 3 is 2.68 bits per heavy atom. The van der Waals surface area contributed by atoms with Gasteiger partial charge in [-0.1, -0.05) is 6.92 Å². The lowest BCUT2D eigenvalue weighted by atomic mass is 9.90. The van der Waals surface area contributed by atoms with Gasteiger partial charge < -0.3 is 10.2 Å². The Morgan fingerprint density at radius 1 is 1.32 bits per heavy atom. The van der Waals surface area contributed by atoms with Crippen molar-refractivity contribution in [1.82, 2.24) is 14.9 Å². The first-order chi connectivity index (χ1) is 9.22. The minimum absolute atomic E-state index is 0.561. The summed E-state index contributed by atoms with van der Waals surface area (Å²) in [5.74, 6) is 0.964. The van der Waals surface area contributed by atoms with Crippen LogP contribution in [0.5, 0.6) is 0 Å². The van der Waals surface area contributed by atoms with Crippen LogP contribution in [-0.4, -0.2) is 46.8 Å². The van der Waals surface area contributed by atoms with Gasteiger partial charge in [0.2, 0.25) is 0 Å². The van der Waals surface area contributed by atoms with Gasteiger partial charge in [-0.15, -0.1) is 11.8 Å². The Labute approximate surface area is 120 Å². The van der Waals surface area contributed by atoms with Gasteiger partial charge in [0.25, 0.3) is 0 Å². The highest BCUT2D eigenvalue weighted by Crippen LogP contribution is 2.25. The van der Waals surface area contributed by atoms with E-state index in [1.54, 1.807) is 18.1 Å². The van der Waals surface area contributed by atoms with E-state index in [2.05, 4.69) is 34.2 Å². The molecule has 4 nitrogen and oxygen atoms in total. The summed E-state index contributed by atoms with van der Waals surface area (Å²) in [6, 6.07) is 3.36. The van der Waals surface area contributed by atoms with Crippen LogP contribution in [0.25, 0.3) is 0 Å². The van der Waals surface area contributed by atoms with Crippen molar-refractivity contribution in [3.05, 3.63) is 12.4 Å². The number of nitrogens with one attached hydrogen (secondary N) is 1. The van der Waals surface area contributed by atoms with Gasteiger partial charge in [-0.3, -0.25) is 0 Å². The Morgan fingerprint density at radius 2 is 2.05 bits per heavy atom. The molecule has 0 radical (unpaired) electrons. The topological polar surface area (TPSA) is 41.0 Å². The van der Waals surface area contributed by atoms with E-state index in [-0.39, 0.29) is 0 Å². The maximum atomic E-state index is 4.31. The molecule has 0 saturated heterocycles. The van der Waals surface area contributed by atoms with Crippen molar-refractivity contribution in [3.63, 3.8) is 0 Å². The molecule has 1 heterocycles. The molecule has 0 bridgehead atoms. The maximum absolute atomic E-state index is 4.31. The molecule has 1 N–H and O–H groups in total. The molecule has 1 fully saturated rings. The summed E-state index contributed by atoms with van der Waals surface area (Å²) in [7, 11) is 2.23. The molecule has 0 atom stereocenters. The molecule has 0 unspecified atom stereocenters. The first kappa shape index (κ1) is 14.6. The number of aromatic nitrogens is 2. The van der Waals surface area contributed by atoms with Gasteiger partial charge in [-0.25, -0.2) is 9.97 Å². The van der Waals surface area contributed by atoms with Crippen molar-refractivity contribution >= 4 is 17.6 Å². The van der Waals surface area contributed by atoms with Gasteiger partial charge in [0.15, 0.2) is 0 Å². The average molecular weight is 280 g/mol. The van der Waals surface area contributed by atoms with Gasteiger partial charge in [-0.2, -0.15) is 0 Å². The molecule has 1 aliphatic rings. The number of nitrogens with zero attached hydrogens (tertiary/aromatic N) is 3. The predicted octanol–water partition coefficient (Wildman–Crippen LogP) is 2.87. The van der Waals surface area contributed by atoms with Crippen molar-refractivity contribution in [2.45, 2.75) is 49.7 Å². The Balaban J connectivity index is 1.85. The molecule has 1 aromatic heterocycles. The SMILES string of the molecule is CCN(C)C1CCC(Nc2cc(SC)ncn2)CC1. The lowest BCUT2D eigenvalue weighted by Gasteiger charge is -2.34. The molecule has 1 aliphatic carbocycles. The van der Waals surface area contributed by atoms with E-state index in [1.807, 2.05) is 12.3 Å². The molecule has 1 saturated carbocycles. The highest BCUT2D eigenvalue weighted by Gasteiger charge is 2.23. The van der Waals surface area contributed by atoms with Crippen LogP contribution in [0.1, 0.15) is 32.6 Å². The summed E-state index contributed by atoms with van der Waals surface area (Å²) in [6.07, 6.45) is 8.70. The van der Waals surface area contributed by atoms with Crippen LogP contribution in [-0.2, 0) is 0 Å². The molecule has 1 aromatic rings. The smallest absolute Gasteiger partial charge is 0.130 e. The highest BCUT2D eigenvalue weighted by atomic mass is 32.2. The Hall–Kier alpha value is -0.810. The van der Waals surface area contributed by atoms with Crippen molar-refractivity contribution < 1.29 is 0 Å². The second kappa shape index (κ2) is 7.10. The van der Waals surface area contributed by atoms with E-state index in [0.29, 0.717) is 6.04 Å². The predicted molar refractivity (Wildman–Crippen MR) is 81.8 cm³/mol. The standard InChI is InChI=1S/C14H24N4S/c1-4-18(2)12-7-5-11(6-8-12)17-13-9-14(19-3)16-10-15-13/h9-12H,4-8H2,1-3H3,(H,15,16,17). The largest absolute Gasteiger partial charge is 0.367 e. The summed E-state index contributed by atoms with van der Waals surface area (Å²) in [4.78, 5) is 11.0. The maximum Gasteiger partial charge on any atom is 0.130 e. The van der Waals surface area contributed by atoms with Crippen LogP contribution >= 0.6 is 11.8 Å². The lowest BCUT2D eigenvalue weighted by Crippen LogP contribution is -2.38. The van der Waals surface area contributed by atoms with Gasteiger partial charge in [0.1, 0.15) is 17.2 Å². The summed E-state index contributed by atoms with van der Waals surface area (Å²) in [5, 5.41) is 4.58. The van der Waals surface area contributed by atoms with Gasteiger partial charge >= 0.3 is 0 Å². The molecule has 0 amide bonds. The van der Waals surface area contributed by atoms with Gasteiger partial charge in [0, 0.05) is 18.2 Å². The minimum Gasteiger partial charge on any atom is -0.367 e. The number of hydrogen-bond donors (Lipinski definition) is 1. The van der Waals surface area contributed by atoms with Crippen molar-refractivity contribution in [1.29, 1.82) is 0 Å². The van der Waals surface area contributed by atoms with Crippen molar-refractivity contribution in [2.75, 3.05) is 25.2 Å². The van der Waals surface area contributed by atoms with Crippen LogP contribution in [0.15, 0.2) is 17.4 Å². The molecule has 19 heavy (non-hydrogen) atoms. The van der Waals surface area contributed by atoms with Crippen LogP contribution in [0.3, 0.4) is 0 Å². The highest BCUT2D eigenvalue weighted by molar-refractivity contribution is 7.98. The fourth-order valence-corrected chi connectivity index (χ4v) is 3.04. The van der Waals surface area contributed by atoms with Gasteiger partial charge in [0.05, 0.1) is 0 Å². The number of rotatable bonds is 5. The third kappa shape index (κ3) is 4.08. The second-order valence-corrected chi connectivity index (χ2v) is 6.00. The van der Waals surface area contributed by atoms with E-state index in [9.17, 15) is 0 Å². The molecule has 0 aromatic carbocycles. The van der Waals surface area contributed by atoms with E-state index >= 15 is 0 Å². The molecule has 0 aliphatic heterocycles. The van der Waals surface area contributed by atoms with Crippen LogP contribution in [0, 0.1) is 0 Å². The van der Waals surface area contributed by atoms with E-state index in [0.717, 1.165) is 23.4 Å². The molecule has 0 spiro atoms. The van der Waals surface area contributed by atoms with Crippen molar-refractivity contribution in [2.24, 2.45) is 0 Å². The van der Waals surface area contributed by atoms with E-state index < -0.39 is 0 Å². The zero-order valence-corrected chi connectivity index (χ0v) is 12.9. The first-order valence-corrected chi connectivity index (χ1v) is 8.28. The molecule has 5 heteroatoms. The van der Waals surface area contributed by atoms with Crippen LogP contribution in [0.2, 0.25) is 0 Å². The molecular formula is C14H24N4S. The fourth-order valence-electron chi connectivity index (χ4n) is 2.66. The Kier molecular flexibility index (Phi) is 5.45. The summed E-state index contributed by atoms with van der Waals surface area (Å²) in [6.45, 7) is 3.38. The second-order valence-electron chi connectivity index (χ2n) is 5.17. The van der Waals surface area contributed by atoms with E-state index in [1.165, 1.54) is 25.7 Å². The number of hydrogen-bond acceptors (Lipinski definition) is 5.